The van der Waals surface area contributed by atoms with Crippen molar-refractivity contribution < 1.29 is 14.3 Å². The summed E-state index contributed by atoms with van der Waals surface area (Å²) in [5.74, 6) is 0.389. The van der Waals surface area contributed by atoms with Gasteiger partial charge in [-0.15, -0.1) is 11.3 Å². The van der Waals surface area contributed by atoms with Gasteiger partial charge in [0.1, 0.15) is 5.75 Å². The first-order chi connectivity index (χ1) is 15.5. The van der Waals surface area contributed by atoms with E-state index >= 15 is 0 Å². The number of carbonyl (C=O) groups excluding carboxylic acids is 2. The molecular weight excluding hydrogens is 466 g/mol. The maximum atomic E-state index is 12.5. The predicted octanol–water partition coefficient (Wildman–Crippen LogP) is 5.94. The highest BCUT2D eigenvalue weighted by atomic mass is 35.5. The van der Waals surface area contributed by atoms with E-state index < -0.39 is 0 Å². The Morgan fingerprint density at radius 2 is 1.84 bits per heavy atom. The SMILES string of the molecule is COc1ccccc1NC(=O)c1ccc(NC(=O)CSc2nc3cc(Cl)ccc3s2)cc1. The lowest BCUT2D eigenvalue weighted by Gasteiger charge is -2.10. The molecular formula is C23H18ClN3O3S2. The Morgan fingerprint density at radius 1 is 1.06 bits per heavy atom. The quantitative estimate of drug-likeness (QED) is 0.318. The Hall–Kier alpha value is -3.07. The number of thioether (sulfide) groups is 1. The van der Waals surface area contributed by atoms with Crippen LogP contribution in [0.15, 0.2) is 71.1 Å². The van der Waals surface area contributed by atoms with Crippen molar-refractivity contribution in [3.8, 4) is 5.75 Å². The molecule has 4 aromatic rings. The summed E-state index contributed by atoms with van der Waals surface area (Å²) in [5, 5.41) is 6.29. The number of benzene rings is 3. The van der Waals surface area contributed by atoms with Crippen molar-refractivity contribution in [1.29, 1.82) is 0 Å². The van der Waals surface area contributed by atoms with Crippen LogP contribution in [0.2, 0.25) is 5.02 Å². The summed E-state index contributed by atoms with van der Waals surface area (Å²) in [5.41, 5.74) is 2.50. The number of hydrogen-bond donors (Lipinski definition) is 2. The van der Waals surface area contributed by atoms with Gasteiger partial charge in [-0.05, 0) is 54.6 Å². The molecule has 1 heterocycles. The number of amides is 2. The monoisotopic (exact) mass is 483 g/mol. The molecule has 0 aliphatic rings. The number of hydrogen-bond acceptors (Lipinski definition) is 6. The van der Waals surface area contributed by atoms with Crippen LogP contribution in [0.5, 0.6) is 5.75 Å². The standard InChI is InChI=1S/C23H18ClN3O3S2/c1-30-19-5-3-2-4-17(19)26-22(29)14-6-9-16(10-7-14)25-21(28)13-31-23-27-18-12-15(24)8-11-20(18)32-23/h2-12H,13H2,1H3,(H,25,28)(H,26,29). The van der Waals surface area contributed by atoms with Gasteiger partial charge in [0, 0.05) is 16.3 Å². The van der Waals surface area contributed by atoms with Crippen molar-refractivity contribution in [3.05, 3.63) is 77.3 Å². The minimum Gasteiger partial charge on any atom is -0.495 e. The van der Waals surface area contributed by atoms with Crippen molar-refractivity contribution in [1.82, 2.24) is 4.98 Å². The molecule has 0 spiro atoms. The average Bonchev–Trinajstić information content (AvgIpc) is 3.20. The molecule has 0 unspecified atom stereocenters. The largest absolute Gasteiger partial charge is 0.495 e. The zero-order valence-corrected chi connectivity index (χ0v) is 19.3. The molecule has 4 rings (SSSR count). The van der Waals surface area contributed by atoms with Gasteiger partial charge in [-0.1, -0.05) is 35.5 Å². The Bertz CT molecular complexity index is 1280. The van der Waals surface area contributed by atoms with Gasteiger partial charge in [0.15, 0.2) is 4.34 Å². The van der Waals surface area contributed by atoms with Gasteiger partial charge in [0.25, 0.3) is 5.91 Å². The van der Waals surface area contributed by atoms with E-state index in [1.54, 1.807) is 43.5 Å². The number of rotatable bonds is 7. The first kappa shape index (κ1) is 22.1. The van der Waals surface area contributed by atoms with Crippen LogP contribution in [0.4, 0.5) is 11.4 Å². The highest BCUT2D eigenvalue weighted by Crippen LogP contribution is 2.31. The normalized spacial score (nSPS) is 10.7. The molecule has 0 bridgehead atoms. The molecule has 0 saturated carbocycles. The minimum absolute atomic E-state index is 0.154. The van der Waals surface area contributed by atoms with Gasteiger partial charge in [0.05, 0.1) is 28.8 Å². The number of nitrogens with zero attached hydrogens (tertiary/aromatic N) is 1. The van der Waals surface area contributed by atoms with Crippen LogP contribution in [0.3, 0.4) is 0 Å². The van der Waals surface area contributed by atoms with Crippen LogP contribution in [0.25, 0.3) is 10.2 Å². The lowest BCUT2D eigenvalue weighted by Crippen LogP contribution is -2.15. The Morgan fingerprint density at radius 3 is 2.62 bits per heavy atom. The molecule has 0 aliphatic carbocycles. The molecule has 3 aromatic carbocycles. The summed E-state index contributed by atoms with van der Waals surface area (Å²) in [6.07, 6.45) is 0. The third-order valence-electron chi connectivity index (χ3n) is 4.44. The zero-order valence-electron chi connectivity index (χ0n) is 16.9. The summed E-state index contributed by atoms with van der Waals surface area (Å²) >= 11 is 8.88. The van der Waals surface area contributed by atoms with Gasteiger partial charge in [-0.25, -0.2) is 4.98 Å². The molecule has 0 aliphatic heterocycles. The maximum Gasteiger partial charge on any atom is 0.255 e. The molecule has 32 heavy (non-hydrogen) atoms. The second-order valence-corrected chi connectivity index (χ2v) is 9.35. The molecule has 9 heteroatoms. The number of para-hydroxylation sites is 2. The summed E-state index contributed by atoms with van der Waals surface area (Å²) < 4.78 is 7.08. The van der Waals surface area contributed by atoms with Gasteiger partial charge < -0.3 is 15.4 Å². The molecule has 2 amide bonds. The van der Waals surface area contributed by atoms with Crippen molar-refractivity contribution in [2.75, 3.05) is 23.5 Å². The fourth-order valence-corrected chi connectivity index (χ4v) is 4.93. The fraction of sp³-hybridized carbons (Fsp3) is 0.0870. The molecule has 2 N–H and O–H groups in total. The number of aromatic nitrogens is 1. The topological polar surface area (TPSA) is 80.3 Å². The smallest absolute Gasteiger partial charge is 0.255 e. The summed E-state index contributed by atoms with van der Waals surface area (Å²) in [6, 6.07) is 19.4. The minimum atomic E-state index is -0.265. The van der Waals surface area contributed by atoms with Gasteiger partial charge in [-0.2, -0.15) is 0 Å². The number of carbonyl (C=O) groups is 2. The van der Waals surface area contributed by atoms with Gasteiger partial charge in [-0.3, -0.25) is 9.59 Å². The number of fused-ring (bicyclic) bond motifs is 1. The molecule has 0 saturated heterocycles. The van der Waals surface area contributed by atoms with E-state index in [9.17, 15) is 9.59 Å². The molecule has 0 radical (unpaired) electrons. The van der Waals surface area contributed by atoms with Crippen LogP contribution >= 0.6 is 34.7 Å². The number of ether oxygens (including phenoxy) is 1. The van der Waals surface area contributed by atoms with Crippen LogP contribution < -0.4 is 15.4 Å². The van der Waals surface area contributed by atoms with Crippen molar-refractivity contribution >= 4 is 68.1 Å². The van der Waals surface area contributed by atoms with E-state index in [2.05, 4.69) is 15.6 Å². The highest BCUT2D eigenvalue weighted by Gasteiger charge is 2.11. The van der Waals surface area contributed by atoms with Crippen LogP contribution in [-0.2, 0) is 4.79 Å². The third-order valence-corrected chi connectivity index (χ3v) is 6.86. The Kier molecular flexibility index (Phi) is 6.94. The molecule has 6 nitrogen and oxygen atoms in total. The van der Waals surface area contributed by atoms with E-state index in [1.807, 2.05) is 30.3 Å². The maximum absolute atomic E-state index is 12.5. The second-order valence-electron chi connectivity index (χ2n) is 6.66. The molecule has 0 atom stereocenters. The summed E-state index contributed by atoms with van der Waals surface area (Å²) in [7, 11) is 1.55. The average molecular weight is 484 g/mol. The molecule has 1 aromatic heterocycles. The van der Waals surface area contributed by atoms with Crippen LogP contribution in [0.1, 0.15) is 10.4 Å². The van der Waals surface area contributed by atoms with Crippen molar-refractivity contribution in [2.24, 2.45) is 0 Å². The lowest BCUT2D eigenvalue weighted by atomic mass is 10.2. The van der Waals surface area contributed by atoms with E-state index in [4.69, 9.17) is 16.3 Å². The van der Waals surface area contributed by atoms with E-state index in [1.165, 1.54) is 23.1 Å². The first-order valence-corrected chi connectivity index (χ1v) is 11.7. The van der Waals surface area contributed by atoms with E-state index in [0.717, 1.165) is 14.6 Å². The number of methoxy groups -OCH3 is 1. The summed E-state index contributed by atoms with van der Waals surface area (Å²) in [6.45, 7) is 0. The van der Waals surface area contributed by atoms with E-state index in [0.29, 0.717) is 27.7 Å². The van der Waals surface area contributed by atoms with Gasteiger partial charge in [0.2, 0.25) is 5.91 Å². The predicted molar refractivity (Wildman–Crippen MR) is 131 cm³/mol. The molecule has 0 fully saturated rings. The zero-order chi connectivity index (χ0) is 22.5. The highest BCUT2D eigenvalue weighted by molar-refractivity contribution is 8.01. The summed E-state index contributed by atoms with van der Waals surface area (Å²) in [4.78, 5) is 29.3. The van der Waals surface area contributed by atoms with Crippen molar-refractivity contribution in [3.63, 3.8) is 0 Å². The van der Waals surface area contributed by atoms with Crippen LogP contribution in [0, 0.1) is 0 Å². The third kappa shape index (κ3) is 5.40. The second kappa shape index (κ2) is 10.0. The van der Waals surface area contributed by atoms with Crippen LogP contribution in [-0.4, -0.2) is 29.7 Å². The first-order valence-electron chi connectivity index (χ1n) is 9.55. The lowest BCUT2D eigenvalue weighted by molar-refractivity contribution is -0.113. The Balaban J connectivity index is 1.32. The molecule has 162 valence electrons. The number of halogens is 1. The fourth-order valence-electron chi connectivity index (χ4n) is 2.91. The van der Waals surface area contributed by atoms with Gasteiger partial charge >= 0.3 is 0 Å². The number of thiazole rings is 1. The number of anilines is 2. The number of nitrogens with one attached hydrogen (secondary N) is 2. The Labute approximate surface area is 198 Å². The van der Waals surface area contributed by atoms with Crippen molar-refractivity contribution in [2.45, 2.75) is 4.34 Å². The van der Waals surface area contributed by atoms with E-state index in [-0.39, 0.29) is 17.6 Å².